The number of aliphatic carboxylic acids is 1. The second-order valence-electron chi connectivity index (χ2n) is 0.519. The molecule has 0 fully saturated rings. The maximum Gasteiger partial charge on any atom is 0.300 e. The monoisotopic (exact) mass is 308 g/mol. The van der Waals surface area contributed by atoms with E-state index in [0.717, 1.165) is 6.92 Å². The average Bonchev–Trinajstić information content (AvgIpc) is 0.811. The van der Waals surface area contributed by atoms with Crippen LogP contribution in [0.2, 0.25) is 0 Å². The fourth-order valence-corrected chi connectivity index (χ4v) is 0. The third-order valence-electron chi connectivity index (χ3n) is 0. The number of rotatable bonds is 0. The zero-order chi connectivity index (χ0) is 3.58. The number of carboxylic acid groups (broad SMARTS) is 1. The van der Waals surface area contributed by atoms with E-state index in [9.17, 15) is 0 Å². The number of hydrogen-bond donors (Lipinski definition) is 1. The first-order valence-electron chi connectivity index (χ1n) is 0.928. The van der Waals surface area contributed by atoms with Gasteiger partial charge in [-0.3, -0.25) is 4.79 Å². The standard InChI is InChI=1S/C2H4O2.ClH.2Pd/c1-2(3)4;;;/h1H3,(H,3,4);1H;;. The van der Waals surface area contributed by atoms with Crippen molar-refractivity contribution in [2.75, 3.05) is 0 Å². The van der Waals surface area contributed by atoms with Crippen LogP contribution < -0.4 is 0 Å². The molecule has 0 aliphatic carbocycles. The molecule has 0 aromatic heterocycles. The van der Waals surface area contributed by atoms with Gasteiger partial charge in [-0.1, -0.05) is 0 Å². The molecule has 1 N–H and O–H groups in total. The van der Waals surface area contributed by atoms with Crippen LogP contribution >= 0.6 is 12.4 Å². The van der Waals surface area contributed by atoms with Gasteiger partial charge in [0.15, 0.2) is 0 Å². The van der Waals surface area contributed by atoms with Crippen LogP contribution in [0.3, 0.4) is 0 Å². The Morgan fingerprint density at radius 2 is 1.43 bits per heavy atom. The summed E-state index contributed by atoms with van der Waals surface area (Å²) in [6, 6.07) is 0. The Labute approximate surface area is 75.8 Å². The van der Waals surface area contributed by atoms with E-state index >= 15 is 0 Å². The number of hydrogen-bond acceptors (Lipinski definition) is 1. The normalized spacial score (nSPS) is 3.57. The quantitative estimate of drug-likeness (QED) is 0.662. The summed E-state index contributed by atoms with van der Waals surface area (Å²) in [5.74, 6) is -0.833. The zero-order valence-corrected chi connectivity index (χ0v) is 7.32. The Kier molecular flexibility index (Phi) is 54.6. The van der Waals surface area contributed by atoms with E-state index in [2.05, 4.69) is 0 Å². The topological polar surface area (TPSA) is 37.3 Å². The molecule has 5 heteroatoms. The van der Waals surface area contributed by atoms with Crippen molar-refractivity contribution in [1.82, 2.24) is 0 Å². The molecule has 0 saturated carbocycles. The minimum absolute atomic E-state index is 0. The van der Waals surface area contributed by atoms with Crippen molar-refractivity contribution < 1.29 is 50.7 Å². The number of halogens is 1. The molecule has 2 nitrogen and oxygen atoms in total. The van der Waals surface area contributed by atoms with Crippen molar-refractivity contribution in [3.63, 3.8) is 0 Å². The van der Waals surface area contributed by atoms with Gasteiger partial charge in [0.1, 0.15) is 0 Å². The fourth-order valence-electron chi connectivity index (χ4n) is 0. The van der Waals surface area contributed by atoms with Gasteiger partial charge in [0.2, 0.25) is 0 Å². The molecule has 0 aliphatic heterocycles. The van der Waals surface area contributed by atoms with Crippen LogP contribution in [0.1, 0.15) is 6.92 Å². The molecule has 7 heavy (non-hydrogen) atoms. The first-order chi connectivity index (χ1) is 1.73. The molecule has 0 radical (unpaired) electrons. The molecule has 0 heterocycles. The van der Waals surface area contributed by atoms with Gasteiger partial charge in [-0.15, -0.1) is 12.4 Å². The minimum Gasteiger partial charge on any atom is -0.481 e. The SMILES string of the molecule is CC(=O)O.Cl.[Pd].[Pd]. The summed E-state index contributed by atoms with van der Waals surface area (Å²) in [4.78, 5) is 9.00. The Hall–Kier alpha value is 1.08. The van der Waals surface area contributed by atoms with E-state index in [-0.39, 0.29) is 53.3 Å². The van der Waals surface area contributed by atoms with Crippen LogP contribution in [0.4, 0.5) is 0 Å². The number of carboxylic acids is 1. The van der Waals surface area contributed by atoms with Crippen LogP contribution in [0.25, 0.3) is 0 Å². The summed E-state index contributed by atoms with van der Waals surface area (Å²) in [6.45, 7) is 1.08. The maximum absolute atomic E-state index is 9.00. The van der Waals surface area contributed by atoms with Crippen molar-refractivity contribution >= 4 is 18.4 Å². The van der Waals surface area contributed by atoms with Crippen LogP contribution in [0, 0.1) is 0 Å². The van der Waals surface area contributed by atoms with Crippen LogP contribution in [0.5, 0.6) is 0 Å². The summed E-state index contributed by atoms with van der Waals surface area (Å²) in [7, 11) is 0. The fraction of sp³-hybridized carbons (Fsp3) is 0.500. The van der Waals surface area contributed by atoms with Crippen molar-refractivity contribution in [3.05, 3.63) is 0 Å². The summed E-state index contributed by atoms with van der Waals surface area (Å²) < 4.78 is 0. The van der Waals surface area contributed by atoms with Gasteiger partial charge in [0, 0.05) is 47.8 Å². The zero-order valence-electron chi connectivity index (χ0n) is 3.40. The van der Waals surface area contributed by atoms with Gasteiger partial charge in [-0.2, -0.15) is 0 Å². The maximum atomic E-state index is 9.00. The van der Waals surface area contributed by atoms with Crippen molar-refractivity contribution in [1.29, 1.82) is 0 Å². The molecule has 0 unspecified atom stereocenters. The van der Waals surface area contributed by atoms with E-state index in [1.54, 1.807) is 0 Å². The van der Waals surface area contributed by atoms with Gasteiger partial charge < -0.3 is 5.11 Å². The Balaban J connectivity index is -0.0000000150. The van der Waals surface area contributed by atoms with Crippen LogP contribution in [-0.4, -0.2) is 11.1 Å². The smallest absolute Gasteiger partial charge is 0.300 e. The first kappa shape index (κ1) is 24.3. The Bertz CT molecular complexity index is 36.7. The van der Waals surface area contributed by atoms with E-state index in [1.807, 2.05) is 0 Å². The summed E-state index contributed by atoms with van der Waals surface area (Å²) in [5, 5.41) is 7.42. The third kappa shape index (κ3) is 156. The van der Waals surface area contributed by atoms with E-state index in [1.165, 1.54) is 0 Å². The third-order valence-corrected chi connectivity index (χ3v) is 0. The molecule has 0 aromatic carbocycles. The predicted octanol–water partition coefficient (Wildman–Crippen LogP) is 0.508. The van der Waals surface area contributed by atoms with Crippen LogP contribution in [-0.2, 0) is 45.6 Å². The summed E-state index contributed by atoms with van der Waals surface area (Å²) >= 11 is 0. The summed E-state index contributed by atoms with van der Waals surface area (Å²) in [5.41, 5.74) is 0. The average molecular weight is 309 g/mol. The summed E-state index contributed by atoms with van der Waals surface area (Å²) in [6.07, 6.45) is 0. The molecule has 52 valence electrons. The first-order valence-corrected chi connectivity index (χ1v) is 0.928. The molecule has 0 bridgehead atoms. The Morgan fingerprint density at radius 3 is 1.43 bits per heavy atom. The molecular weight excluding hydrogens is 304 g/mol. The van der Waals surface area contributed by atoms with Gasteiger partial charge >= 0.3 is 0 Å². The van der Waals surface area contributed by atoms with Crippen molar-refractivity contribution in [3.8, 4) is 0 Å². The van der Waals surface area contributed by atoms with Gasteiger partial charge in [0.25, 0.3) is 5.97 Å². The second kappa shape index (κ2) is 15.7. The van der Waals surface area contributed by atoms with E-state index in [4.69, 9.17) is 9.90 Å². The molecule has 0 spiro atoms. The van der Waals surface area contributed by atoms with Gasteiger partial charge in [0.05, 0.1) is 0 Å². The second-order valence-corrected chi connectivity index (χ2v) is 0.519. The molecular formula is C2H5ClO2Pd2. The van der Waals surface area contributed by atoms with Crippen LogP contribution in [0.15, 0.2) is 0 Å². The molecule has 0 amide bonds. The number of carbonyl (C=O) groups is 1. The van der Waals surface area contributed by atoms with E-state index < -0.39 is 5.97 Å². The van der Waals surface area contributed by atoms with Crippen molar-refractivity contribution in [2.45, 2.75) is 6.92 Å². The molecule has 0 saturated heterocycles. The molecule has 0 atom stereocenters. The molecule has 0 aliphatic rings. The predicted molar refractivity (Wildman–Crippen MR) is 20.6 cm³/mol. The Morgan fingerprint density at radius 1 is 1.43 bits per heavy atom. The van der Waals surface area contributed by atoms with Gasteiger partial charge in [-0.25, -0.2) is 0 Å². The minimum atomic E-state index is -0.833. The van der Waals surface area contributed by atoms with Gasteiger partial charge in [-0.05, 0) is 0 Å². The molecule has 0 aromatic rings. The largest absolute Gasteiger partial charge is 0.481 e. The van der Waals surface area contributed by atoms with Crippen molar-refractivity contribution in [2.24, 2.45) is 0 Å². The molecule has 0 rings (SSSR count). The van der Waals surface area contributed by atoms with E-state index in [0.29, 0.717) is 0 Å².